The first-order valence-corrected chi connectivity index (χ1v) is 16.0. The van der Waals surface area contributed by atoms with Crippen LogP contribution in [0.15, 0.2) is 77.7 Å². The van der Waals surface area contributed by atoms with Gasteiger partial charge in [-0.15, -0.1) is 0 Å². The van der Waals surface area contributed by atoms with Crippen LogP contribution in [0.5, 0.6) is 5.75 Å². The van der Waals surface area contributed by atoms with Crippen molar-refractivity contribution < 1.29 is 22.7 Å². The summed E-state index contributed by atoms with van der Waals surface area (Å²) in [5.74, 6) is -0.0542. The highest BCUT2D eigenvalue weighted by Gasteiger charge is 2.35. The Kier molecular flexibility index (Phi) is 10.3. The summed E-state index contributed by atoms with van der Waals surface area (Å²) in [6, 6.07) is 20.3. The molecule has 224 valence electrons. The molecule has 0 saturated heterocycles. The number of benzene rings is 3. The fourth-order valence-electron chi connectivity index (χ4n) is 5.45. The van der Waals surface area contributed by atoms with Crippen molar-refractivity contribution in [2.45, 2.75) is 76.4 Å². The van der Waals surface area contributed by atoms with E-state index >= 15 is 0 Å². The summed E-state index contributed by atoms with van der Waals surface area (Å²) in [6.45, 7) is 5.23. The number of sulfonamides is 1. The topological polar surface area (TPSA) is 96.0 Å². The van der Waals surface area contributed by atoms with Crippen LogP contribution >= 0.6 is 0 Å². The number of para-hydroxylation sites is 1. The molecule has 1 fully saturated rings. The summed E-state index contributed by atoms with van der Waals surface area (Å²) >= 11 is 0. The molecule has 1 aliphatic carbocycles. The van der Waals surface area contributed by atoms with E-state index in [9.17, 15) is 18.0 Å². The molecule has 3 aromatic rings. The van der Waals surface area contributed by atoms with Crippen molar-refractivity contribution in [1.82, 2.24) is 10.2 Å². The molecule has 0 aromatic heterocycles. The lowest BCUT2D eigenvalue weighted by molar-refractivity contribution is -0.140. The number of amides is 2. The normalized spacial score (nSPS) is 14.3. The van der Waals surface area contributed by atoms with Gasteiger partial charge in [-0.2, -0.15) is 0 Å². The van der Waals surface area contributed by atoms with Crippen molar-refractivity contribution >= 4 is 27.5 Å². The number of nitrogens with zero attached hydrogens (tertiary/aromatic N) is 2. The Hall–Kier alpha value is -3.85. The molecule has 1 aliphatic rings. The quantitative estimate of drug-likeness (QED) is 0.305. The van der Waals surface area contributed by atoms with E-state index < -0.39 is 28.5 Å². The Morgan fingerprint density at radius 3 is 2.31 bits per heavy atom. The fraction of sp³-hybridized carbons (Fsp3) is 0.394. The minimum absolute atomic E-state index is 0.0886. The maximum Gasteiger partial charge on any atom is 0.264 e. The molecule has 1 saturated carbocycles. The van der Waals surface area contributed by atoms with Crippen LogP contribution < -0.4 is 14.4 Å². The van der Waals surface area contributed by atoms with Crippen LogP contribution in [0.25, 0.3) is 0 Å². The zero-order chi connectivity index (χ0) is 30.3. The number of carbonyl (C=O) groups excluding carboxylic acids is 2. The molecular weight excluding hydrogens is 550 g/mol. The number of hydrogen-bond acceptors (Lipinski definition) is 5. The number of carbonyl (C=O) groups is 2. The zero-order valence-corrected chi connectivity index (χ0v) is 25.7. The first kappa shape index (κ1) is 31.1. The van der Waals surface area contributed by atoms with Crippen LogP contribution in [-0.4, -0.2) is 50.9 Å². The van der Waals surface area contributed by atoms with E-state index in [2.05, 4.69) is 5.32 Å². The van der Waals surface area contributed by atoms with E-state index in [0.29, 0.717) is 23.4 Å². The van der Waals surface area contributed by atoms with Gasteiger partial charge in [-0.1, -0.05) is 67.8 Å². The van der Waals surface area contributed by atoms with Crippen molar-refractivity contribution in [2.75, 3.05) is 18.0 Å². The second-order valence-corrected chi connectivity index (χ2v) is 12.8. The molecule has 9 heteroatoms. The van der Waals surface area contributed by atoms with Gasteiger partial charge in [-0.25, -0.2) is 8.42 Å². The lowest BCUT2D eigenvalue weighted by Gasteiger charge is -2.34. The molecule has 4 rings (SSSR count). The highest BCUT2D eigenvalue weighted by Crippen LogP contribution is 2.28. The number of ether oxygens (including phenoxy) is 1. The molecule has 1 atom stereocenters. The van der Waals surface area contributed by atoms with Gasteiger partial charge in [0.15, 0.2) is 0 Å². The Morgan fingerprint density at radius 1 is 0.976 bits per heavy atom. The third kappa shape index (κ3) is 7.31. The maximum absolute atomic E-state index is 14.3. The summed E-state index contributed by atoms with van der Waals surface area (Å²) in [4.78, 5) is 29.5. The molecule has 0 aliphatic heterocycles. The second kappa shape index (κ2) is 13.9. The monoisotopic (exact) mass is 591 g/mol. The third-order valence-electron chi connectivity index (χ3n) is 7.85. The number of aryl methyl sites for hydroxylation is 2. The van der Waals surface area contributed by atoms with Gasteiger partial charge >= 0.3 is 0 Å². The molecule has 0 unspecified atom stereocenters. The lowest BCUT2D eigenvalue weighted by Crippen LogP contribution is -2.53. The molecule has 0 bridgehead atoms. The van der Waals surface area contributed by atoms with Gasteiger partial charge in [0, 0.05) is 12.6 Å². The third-order valence-corrected chi connectivity index (χ3v) is 9.62. The smallest absolute Gasteiger partial charge is 0.264 e. The number of anilines is 1. The summed E-state index contributed by atoms with van der Waals surface area (Å²) in [7, 11) is -2.54. The Bertz CT molecular complexity index is 1480. The van der Waals surface area contributed by atoms with Gasteiger partial charge in [0.1, 0.15) is 18.3 Å². The number of rotatable bonds is 12. The zero-order valence-electron chi connectivity index (χ0n) is 24.9. The second-order valence-electron chi connectivity index (χ2n) is 10.9. The minimum atomic E-state index is -4.11. The van der Waals surface area contributed by atoms with Crippen molar-refractivity contribution in [2.24, 2.45) is 0 Å². The van der Waals surface area contributed by atoms with Gasteiger partial charge in [-0.3, -0.25) is 13.9 Å². The average molecular weight is 592 g/mol. The van der Waals surface area contributed by atoms with E-state index in [0.717, 1.165) is 41.1 Å². The number of nitrogens with one attached hydrogen (secondary N) is 1. The Labute approximate surface area is 249 Å². The summed E-state index contributed by atoms with van der Waals surface area (Å²) in [5, 5.41) is 3.14. The number of methoxy groups -OCH3 is 1. The highest BCUT2D eigenvalue weighted by molar-refractivity contribution is 7.92. The van der Waals surface area contributed by atoms with Gasteiger partial charge in [0.25, 0.3) is 10.0 Å². The number of hydrogen-bond donors (Lipinski definition) is 1. The minimum Gasteiger partial charge on any atom is -0.497 e. The molecule has 2 amide bonds. The molecule has 42 heavy (non-hydrogen) atoms. The predicted molar refractivity (Wildman–Crippen MR) is 165 cm³/mol. The molecule has 1 N–H and O–H groups in total. The van der Waals surface area contributed by atoms with Gasteiger partial charge in [0.05, 0.1) is 17.7 Å². The van der Waals surface area contributed by atoms with Gasteiger partial charge in [0.2, 0.25) is 11.8 Å². The summed E-state index contributed by atoms with van der Waals surface area (Å²) in [5.41, 5.74) is 2.83. The highest BCUT2D eigenvalue weighted by atomic mass is 32.2. The Balaban J connectivity index is 1.73. The van der Waals surface area contributed by atoms with Gasteiger partial charge < -0.3 is 15.0 Å². The summed E-state index contributed by atoms with van der Waals surface area (Å²) < 4.78 is 34.7. The average Bonchev–Trinajstić information content (AvgIpc) is 3.49. The van der Waals surface area contributed by atoms with Crippen molar-refractivity contribution in [3.63, 3.8) is 0 Å². The predicted octanol–water partition coefficient (Wildman–Crippen LogP) is 5.37. The standard InChI is InChI=1S/C33H41N3O5S/c1-5-30(33(38)34-27-13-7-8-14-27)35(22-26-12-10-15-28(21-26)41-4)32(37)23-36(31-16-9-6-11-25(31)3)42(39,40)29-19-17-24(2)18-20-29/h6,9-12,15-21,27,30H,5,7-8,13-14,22-23H2,1-4H3,(H,34,38)/t30-/m1/s1. The largest absolute Gasteiger partial charge is 0.497 e. The van der Waals surface area contributed by atoms with Crippen molar-refractivity contribution in [3.05, 3.63) is 89.5 Å². The van der Waals surface area contributed by atoms with Crippen LogP contribution in [0, 0.1) is 13.8 Å². The van der Waals surface area contributed by atoms with Crippen LogP contribution in [0.1, 0.15) is 55.7 Å². The van der Waals surface area contributed by atoms with Crippen LogP contribution in [-0.2, 0) is 26.2 Å². The lowest BCUT2D eigenvalue weighted by atomic mass is 10.1. The Morgan fingerprint density at radius 2 is 1.67 bits per heavy atom. The molecule has 0 radical (unpaired) electrons. The molecule has 0 heterocycles. The van der Waals surface area contributed by atoms with E-state index in [-0.39, 0.29) is 23.4 Å². The van der Waals surface area contributed by atoms with Crippen LogP contribution in [0.2, 0.25) is 0 Å². The van der Waals surface area contributed by atoms with Crippen LogP contribution in [0.4, 0.5) is 5.69 Å². The molecule has 3 aromatic carbocycles. The van der Waals surface area contributed by atoms with Crippen LogP contribution in [0.3, 0.4) is 0 Å². The van der Waals surface area contributed by atoms with E-state index in [1.807, 2.05) is 57.2 Å². The van der Waals surface area contributed by atoms with E-state index in [4.69, 9.17) is 4.74 Å². The maximum atomic E-state index is 14.3. The summed E-state index contributed by atoms with van der Waals surface area (Å²) in [6.07, 6.45) is 4.35. The van der Waals surface area contributed by atoms with E-state index in [1.165, 1.54) is 4.90 Å². The van der Waals surface area contributed by atoms with Crippen molar-refractivity contribution in [3.8, 4) is 5.75 Å². The fourth-order valence-corrected chi connectivity index (χ4v) is 6.93. The van der Waals surface area contributed by atoms with Crippen molar-refractivity contribution in [1.29, 1.82) is 0 Å². The molecule has 0 spiro atoms. The van der Waals surface area contributed by atoms with Gasteiger partial charge in [-0.05, 0) is 74.6 Å². The SMILES string of the molecule is CC[C@H](C(=O)NC1CCCC1)N(Cc1cccc(OC)c1)C(=O)CN(c1ccccc1C)S(=O)(=O)c1ccc(C)cc1. The molecular formula is C33H41N3O5S. The first-order chi connectivity index (χ1) is 20.1. The van der Waals surface area contributed by atoms with E-state index in [1.54, 1.807) is 43.5 Å². The molecule has 8 nitrogen and oxygen atoms in total. The first-order valence-electron chi connectivity index (χ1n) is 14.5.